The highest BCUT2D eigenvalue weighted by Gasteiger charge is 2.67. The number of hydrogen-bond acceptors (Lipinski definition) is 2. The summed E-state index contributed by atoms with van der Waals surface area (Å²) in [6.07, 6.45) is 5.00. The van der Waals surface area contributed by atoms with E-state index in [1.807, 2.05) is 20.8 Å². The molecular weight excluding hydrogens is 296 g/mol. The lowest BCUT2D eigenvalue weighted by Gasteiger charge is -2.24. The molecule has 2 nitrogen and oxygen atoms in total. The maximum absolute atomic E-state index is 12.5. The molecule has 0 radical (unpaired) electrons. The van der Waals surface area contributed by atoms with Crippen molar-refractivity contribution in [2.75, 3.05) is 0 Å². The molecule has 2 heteroatoms. The van der Waals surface area contributed by atoms with Crippen molar-refractivity contribution in [3.63, 3.8) is 0 Å². The fourth-order valence-electron chi connectivity index (χ4n) is 4.50. The molecule has 3 rings (SSSR count). The number of ether oxygens (including phenoxy) is 1. The minimum absolute atomic E-state index is 0.120. The van der Waals surface area contributed by atoms with Crippen LogP contribution in [0, 0.1) is 17.3 Å². The predicted octanol–water partition coefficient (Wildman–Crippen LogP) is 5.63. The molecule has 0 aromatic heterocycles. The van der Waals surface area contributed by atoms with Crippen molar-refractivity contribution < 1.29 is 9.53 Å². The first-order chi connectivity index (χ1) is 11.3. The molecule has 3 atom stereocenters. The lowest BCUT2D eigenvalue weighted by atomic mass is 9.82. The number of carbonyl (C=O) groups excluding carboxylic acids is 1. The second-order valence-corrected chi connectivity index (χ2v) is 8.74. The number of hydrogen-bond donors (Lipinski definition) is 0. The summed E-state index contributed by atoms with van der Waals surface area (Å²) in [6.45, 7) is 9.92. The summed E-state index contributed by atoms with van der Waals surface area (Å²) in [6, 6.07) is 10.9. The van der Waals surface area contributed by atoms with Crippen molar-refractivity contribution in [3.8, 4) is 0 Å². The summed E-state index contributed by atoms with van der Waals surface area (Å²) < 4.78 is 5.98. The number of rotatable bonds is 3. The first-order valence-electron chi connectivity index (χ1n) is 9.23. The van der Waals surface area contributed by atoms with E-state index in [1.165, 1.54) is 31.2 Å². The molecule has 1 aromatic carbocycles. The van der Waals surface area contributed by atoms with Crippen LogP contribution in [-0.2, 0) is 14.9 Å². The smallest absolute Gasteiger partial charge is 0.316 e. The van der Waals surface area contributed by atoms with E-state index >= 15 is 0 Å². The molecule has 1 unspecified atom stereocenters. The van der Waals surface area contributed by atoms with Gasteiger partial charge in [0.25, 0.3) is 0 Å². The van der Waals surface area contributed by atoms with Crippen molar-refractivity contribution >= 4 is 5.97 Å². The van der Waals surface area contributed by atoms with Crippen LogP contribution in [0.2, 0.25) is 0 Å². The van der Waals surface area contributed by atoms with E-state index in [2.05, 4.69) is 44.2 Å². The minimum Gasteiger partial charge on any atom is -0.430 e. The summed E-state index contributed by atoms with van der Waals surface area (Å²) in [7, 11) is 0. The van der Waals surface area contributed by atoms with E-state index in [4.69, 9.17) is 4.74 Å². The average molecular weight is 326 g/mol. The number of fused-ring (bicyclic) bond motifs is 1. The summed E-state index contributed by atoms with van der Waals surface area (Å²) in [5.74, 6) is 1.79. The van der Waals surface area contributed by atoms with Gasteiger partial charge in [0.2, 0.25) is 0 Å². The molecule has 0 heterocycles. The van der Waals surface area contributed by atoms with E-state index in [0.717, 1.165) is 11.3 Å². The second kappa shape index (κ2) is 6.06. The molecule has 2 saturated carbocycles. The Bertz CT molecular complexity index is 646. The van der Waals surface area contributed by atoms with Gasteiger partial charge in [-0.05, 0) is 64.5 Å². The normalized spacial score (nSPS) is 28.7. The lowest BCUT2D eigenvalue weighted by Crippen LogP contribution is -2.24. The number of esters is 1. The van der Waals surface area contributed by atoms with Gasteiger partial charge in [0.15, 0.2) is 0 Å². The molecule has 2 fully saturated rings. The fourth-order valence-corrected chi connectivity index (χ4v) is 4.50. The highest BCUT2D eigenvalue weighted by molar-refractivity contribution is 5.76. The topological polar surface area (TPSA) is 26.3 Å². The Hall–Kier alpha value is -1.57. The fraction of sp³-hybridized carbons (Fsp3) is 0.591. The van der Waals surface area contributed by atoms with Crippen LogP contribution in [0.5, 0.6) is 0 Å². The summed E-state index contributed by atoms with van der Waals surface area (Å²) in [4.78, 5) is 12.5. The zero-order valence-corrected chi connectivity index (χ0v) is 15.7. The van der Waals surface area contributed by atoms with E-state index in [9.17, 15) is 4.79 Å². The Balaban J connectivity index is 1.95. The number of carbonyl (C=O) groups is 1. The highest BCUT2D eigenvalue weighted by Crippen LogP contribution is 2.70. The van der Waals surface area contributed by atoms with Crippen LogP contribution in [0.3, 0.4) is 0 Å². The van der Waals surface area contributed by atoms with Crippen LogP contribution in [-0.4, -0.2) is 5.97 Å². The van der Waals surface area contributed by atoms with Gasteiger partial charge in [-0.1, -0.05) is 43.2 Å². The Morgan fingerprint density at radius 1 is 1.12 bits per heavy atom. The molecule has 130 valence electrons. The van der Waals surface area contributed by atoms with E-state index in [1.54, 1.807) is 0 Å². The third-order valence-corrected chi connectivity index (χ3v) is 5.77. The molecule has 1 aromatic rings. The molecule has 0 spiro atoms. The molecule has 0 amide bonds. The van der Waals surface area contributed by atoms with E-state index in [-0.39, 0.29) is 11.4 Å². The van der Waals surface area contributed by atoms with Crippen molar-refractivity contribution in [1.82, 2.24) is 0 Å². The highest BCUT2D eigenvalue weighted by atomic mass is 16.5. The molecule has 24 heavy (non-hydrogen) atoms. The Labute approximate surface area is 146 Å². The van der Waals surface area contributed by atoms with Crippen molar-refractivity contribution in [2.45, 2.75) is 65.7 Å². The molecule has 2 aliphatic carbocycles. The standard InChI is InChI=1S/C22H30O2/c1-15(2)19(24-20(23)21(3,4)5)18-17-13-9-10-14-22(17,18)16-11-7-6-8-12-16/h6-8,11-12,17-18H,9-10,13-14H2,1-5H3/t17-,18?,22+/m0/s1. The average Bonchev–Trinajstić information content (AvgIpc) is 3.22. The molecule has 2 aliphatic rings. The number of allylic oxidation sites excluding steroid dienone is 2. The van der Waals surface area contributed by atoms with Crippen LogP contribution >= 0.6 is 0 Å². The maximum atomic E-state index is 12.5. The van der Waals surface area contributed by atoms with Gasteiger partial charge < -0.3 is 4.74 Å². The lowest BCUT2D eigenvalue weighted by molar-refractivity contribution is -0.149. The van der Waals surface area contributed by atoms with Crippen molar-refractivity contribution in [3.05, 3.63) is 47.2 Å². The molecule has 0 N–H and O–H groups in total. The van der Waals surface area contributed by atoms with Gasteiger partial charge in [-0.3, -0.25) is 4.79 Å². The van der Waals surface area contributed by atoms with Gasteiger partial charge in [-0.15, -0.1) is 0 Å². The van der Waals surface area contributed by atoms with Gasteiger partial charge in [0, 0.05) is 11.3 Å². The zero-order chi connectivity index (χ0) is 17.5. The van der Waals surface area contributed by atoms with Crippen LogP contribution in [0.15, 0.2) is 41.7 Å². The zero-order valence-electron chi connectivity index (χ0n) is 15.7. The summed E-state index contributed by atoms with van der Waals surface area (Å²) in [5.41, 5.74) is 2.28. The molecule has 0 aliphatic heterocycles. The quantitative estimate of drug-likeness (QED) is 0.531. The molecular formula is C22H30O2. The minimum atomic E-state index is -0.472. The first kappa shape index (κ1) is 17.3. The van der Waals surface area contributed by atoms with Crippen LogP contribution in [0.4, 0.5) is 0 Å². The summed E-state index contributed by atoms with van der Waals surface area (Å²) >= 11 is 0. The van der Waals surface area contributed by atoms with Crippen LogP contribution < -0.4 is 0 Å². The third kappa shape index (κ3) is 2.81. The van der Waals surface area contributed by atoms with Gasteiger partial charge in [-0.2, -0.15) is 0 Å². The third-order valence-electron chi connectivity index (χ3n) is 5.77. The first-order valence-corrected chi connectivity index (χ1v) is 9.23. The maximum Gasteiger partial charge on any atom is 0.316 e. The molecule has 0 bridgehead atoms. The summed E-state index contributed by atoms with van der Waals surface area (Å²) in [5, 5.41) is 0. The van der Waals surface area contributed by atoms with E-state index < -0.39 is 5.41 Å². The molecule has 0 saturated heterocycles. The van der Waals surface area contributed by atoms with Gasteiger partial charge >= 0.3 is 5.97 Å². The van der Waals surface area contributed by atoms with Crippen molar-refractivity contribution in [1.29, 1.82) is 0 Å². The Morgan fingerprint density at radius 3 is 2.38 bits per heavy atom. The van der Waals surface area contributed by atoms with Gasteiger partial charge in [0.1, 0.15) is 5.76 Å². The monoisotopic (exact) mass is 326 g/mol. The van der Waals surface area contributed by atoms with Crippen molar-refractivity contribution in [2.24, 2.45) is 17.3 Å². The van der Waals surface area contributed by atoms with Crippen LogP contribution in [0.1, 0.15) is 65.9 Å². The number of benzene rings is 1. The van der Waals surface area contributed by atoms with Gasteiger partial charge in [0.05, 0.1) is 5.41 Å². The predicted molar refractivity (Wildman–Crippen MR) is 97.5 cm³/mol. The SMILES string of the molecule is CC(C)=C(OC(=O)C(C)(C)C)C1[C@@H]2CCCC[C@]12c1ccccc1. The van der Waals surface area contributed by atoms with Crippen LogP contribution in [0.25, 0.3) is 0 Å². The largest absolute Gasteiger partial charge is 0.430 e. The van der Waals surface area contributed by atoms with Gasteiger partial charge in [-0.25, -0.2) is 0 Å². The second-order valence-electron chi connectivity index (χ2n) is 8.74. The Kier molecular flexibility index (Phi) is 4.36. The Morgan fingerprint density at radius 2 is 1.79 bits per heavy atom. The van der Waals surface area contributed by atoms with E-state index in [0.29, 0.717) is 11.8 Å².